The van der Waals surface area contributed by atoms with Gasteiger partial charge in [0.1, 0.15) is 17.7 Å². The molecule has 24 heavy (non-hydrogen) atoms. The predicted octanol–water partition coefficient (Wildman–Crippen LogP) is 1.18. The first-order chi connectivity index (χ1) is 10.8. The smallest absolute Gasteiger partial charge is 0.245 e. The van der Waals surface area contributed by atoms with E-state index in [2.05, 4.69) is 20.8 Å². The molecule has 0 aliphatic heterocycles. The van der Waals surface area contributed by atoms with Crippen molar-refractivity contribution in [2.24, 2.45) is 5.73 Å². The Bertz CT molecular complexity index is 685. The van der Waals surface area contributed by atoms with Crippen molar-refractivity contribution in [3.63, 3.8) is 0 Å². The number of nitrogens with two attached hydrogens (primary N) is 1. The van der Waals surface area contributed by atoms with Crippen molar-refractivity contribution in [2.75, 3.05) is 6.54 Å². The SMILES string of the molecule is Cc1nnnn1C(Cc1cccc(F)c1)C(=O)NCC(C)(C)N.Cl. The fourth-order valence-corrected chi connectivity index (χ4v) is 2.14. The molecule has 2 rings (SSSR count). The fraction of sp³-hybridized carbons (Fsp3) is 0.467. The molecule has 0 bridgehead atoms. The van der Waals surface area contributed by atoms with Crippen LogP contribution in [0.1, 0.15) is 31.3 Å². The van der Waals surface area contributed by atoms with E-state index in [0.29, 0.717) is 17.9 Å². The summed E-state index contributed by atoms with van der Waals surface area (Å²) in [5.41, 5.74) is 6.05. The van der Waals surface area contributed by atoms with Crippen LogP contribution in [0.2, 0.25) is 0 Å². The predicted molar refractivity (Wildman–Crippen MR) is 90.2 cm³/mol. The van der Waals surface area contributed by atoms with Crippen LogP contribution < -0.4 is 11.1 Å². The Morgan fingerprint density at radius 2 is 2.17 bits per heavy atom. The minimum absolute atomic E-state index is 0. The molecule has 1 amide bonds. The molecule has 1 heterocycles. The standard InChI is InChI=1S/C15H21FN6O.ClH/c1-10-19-20-21-22(10)13(14(23)18-9-15(2,3)17)8-11-5-4-6-12(16)7-11;/h4-7,13H,8-9,17H2,1-3H3,(H,18,23);1H. The van der Waals surface area contributed by atoms with Crippen LogP contribution in [-0.2, 0) is 11.2 Å². The third-order valence-corrected chi connectivity index (χ3v) is 3.29. The normalized spacial score (nSPS) is 12.4. The number of rotatable bonds is 6. The molecule has 7 nitrogen and oxygen atoms in total. The summed E-state index contributed by atoms with van der Waals surface area (Å²) in [7, 11) is 0. The Morgan fingerprint density at radius 3 is 2.71 bits per heavy atom. The zero-order valence-electron chi connectivity index (χ0n) is 13.9. The number of amides is 1. The summed E-state index contributed by atoms with van der Waals surface area (Å²) >= 11 is 0. The van der Waals surface area contributed by atoms with Crippen molar-refractivity contribution in [3.05, 3.63) is 41.5 Å². The summed E-state index contributed by atoms with van der Waals surface area (Å²) in [4.78, 5) is 12.6. The highest BCUT2D eigenvalue weighted by Gasteiger charge is 2.25. The minimum atomic E-state index is -0.672. The summed E-state index contributed by atoms with van der Waals surface area (Å²) in [6.45, 7) is 5.65. The molecule has 3 N–H and O–H groups in total. The number of benzene rings is 1. The Morgan fingerprint density at radius 1 is 1.46 bits per heavy atom. The monoisotopic (exact) mass is 356 g/mol. The summed E-state index contributed by atoms with van der Waals surface area (Å²) in [6, 6.07) is 5.45. The van der Waals surface area contributed by atoms with Gasteiger partial charge in [0.25, 0.3) is 0 Å². The first-order valence-corrected chi connectivity index (χ1v) is 7.32. The number of carbonyl (C=O) groups is 1. The van der Waals surface area contributed by atoms with E-state index in [1.54, 1.807) is 19.1 Å². The first-order valence-electron chi connectivity index (χ1n) is 7.32. The average molecular weight is 357 g/mol. The molecule has 0 saturated heterocycles. The van der Waals surface area contributed by atoms with Gasteiger partial charge in [-0.05, 0) is 48.9 Å². The Balaban J connectivity index is 0.00000288. The van der Waals surface area contributed by atoms with Crippen molar-refractivity contribution >= 4 is 18.3 Å². The first kappa shape index (κ1) is 20.0. The van der Waals surface area contributed by atoms with Gasteiger partial charge in [0.2, 0.25) is 5.91 Å². The van der Waals surface area contributed by atoms with Gasteiger partial charge in [-0.15, -0.1) is 17.5 Å². The molecule has 1 aromatic heterocycles. The number of nitrogens with one attached hydrogen (secondary N) is 1. The zero-order valence-corrected chi connectivity index (χ0v) is 14.7. The molecule has 0 saturated carbocycles. The van der Waals surface area contributed by atoms with Gasteiger partial charge in [-0.2, -0.15) is 0 Å². The van der Waals surface area contributed by atoms with Crippen molar-refractivity contribution in [2.45, 2.75) is 38.8 Å². The highest BCUT2D eigenvalue weighted by Crippen LogP contribution is 2.16. The van der Waals surface area contributed by atoms with Crippen LogP contribution in [0.3, 0.4) is 0 Å². The molecule has 2 aromatic rings. The van der Waals surface area contributed by atoms with E-state index in [1.807, 2.05) is 13.8 Å². The minimum Gasteiger partial charge on any atom is -0.352 e. The van der Waals surface area contributed by atoms with Gasteiger partial charge in [0.05, 0.1) is 0 Å². The molecule has 9 heteroatoms. The summed E-state index contributed by atoms with van der Waals surface area (Å²) < 4.78 is 14.8. The maximum Gasteiger partial charge on any atom is 0.245 e. The highest BCUT2D eigenvalue weighted by molar-refractivity contribution is 5.85. The maximum atomic E-state index is 13.4. The van der Waals surface area contributed by atoms with Gasteiger partial charge in [0.15, 0.2) is 0 Å². The fourth-order valence-electron chi connectivity index (χ4n) is 2.14. The summed E-state index contributed by atoms with van der Waals surface area (Å²) in [6.07, 6.45) is 0.278. The van der Waals surface area contributed by atoms with Crippen LogP contribution in [0.4, 0.5) is 4.39 Å². The lowest BCUT2D eigenvalue weighted by molar-refractivity contribution is -0.124. The second-order valence-corrected chi connectivity index (χ2v) is 6.23. The van der Waals surface area contributed by atoms with Crippen molar-refractivity contribution in [1.29, 1.82) is 0 Å². The Kier molecular flexibility index (Phi) is 6.80. The number of tetrazole rings is 1. The molecule has 0 fully saturated rings. The number of aryl methyl sites for hydroxylation is 1. The van der Waals surface area contributed by atoms with Crippen LogP contribution >= 0.6 is 12.4 Å². The van der Waals surface area contributed by atoms with Crippen molar-refractivity contribution < 1.29 is 9.18 Å². The largest absolute Gasteiger partial charge is 0.352 e. The second-order valence-electron chi connectivity index (χ2n) is 6.23. The number of aromatic nitrogens is 4. The van der Waals surface area contributed by atoms with E-state index in [-0.39, 0.29) is 30.6 Å². The van der Waals surface area contributed by atoms with Crippen LogP contribution in [0.15, 0.2) is 24.3 Å². The van der Waals surface area contributed by atoms with E-state index < -0.39 is 11.6 Å². The van der Waals surface area contributed by atoms with Gasteiger partial charge < -0.3 is 11.1 Å². The van der Waals surface area contributed by atoms with E-state index >= 15 is 0 Å². The molecule has 0 radical (unpaired) electrons. The van der Waals surface area contributed by atoms with E-state index in [9.17, 15) is 9.18 Å². The second kappa shape index (κ2) is 8.16. The average Bonchev–Trinajstić information content (AvgIpc) is 2.87. The lowest BCUT2D eigenvalue weighted by Crippen LogP contribution is -2.47. The Labute approximate surface area is 146 Å². The Hall–Kier alpha value is -2.06. The van der Waals surface area contributed by atoms with Crippen LogP contribution in [0.25, 0.3) is 0 Å². The van der Waals surface area contributed by atoms with Gasteiger partial charge >= 0.3 is 0 Å². The molecule has 1 aromatic carbocycles. The van der Waals surface area contributed by atoms with Crippen molar-refractivity contribution in [3.8, 4) is 0 Å². The molecule has 1 atom stereocenters. The summed E-state index contributed by atoms with van der Waals surface area (Å²) in [5, 5.41) is 14.1. The van der Waals surface area contributed by atoms with Gasteiger partial charge in [-0.25, -0.2) is 9.07 Å². The zero-order chi connectivity index (χ0) is 17.0. The topological polar surface area (TPSA) is 98.7 Å². The molecular weight excluding hydrogens is 335 g/mol. The third kappa shape index (κ3) is 5.54. The third-order valence-electron chi connectivity index (χ3n) is 3.29. The molecular formula is C15H22ClFN6O. The lowest BCUT2D eigenvalue weighted by Gasteiger charge is -2.22. The molecule has 0 aliphatic carbocycles. The van der Waals surface area contributed by atoms with E-state index in [1.165, 1.54) is 16.8 Å². The van der Waals surface area contributed by atoms with Gasteiger partial charge in [-0.3, -0.25) is 4.79 Å². The highest BCUT2D eigenvalue weighted by atomic mass is 35.5. The summed E-state index contributed by atoms with van der Waals surface area (Å²) in [5.74, 6) is -0.102. The van der Waals surface area contributed by atoms with Crippen LogP contribution in [0.5, 0.6) is 0 Å². The van der Waals surface area contributed by atoms with Crippen LogP contribution in [-0.4, -0.2) is 38.2 Å². The van der Waals surface area contributed by atoms with Crippen molar-refractivity contribution in [1.82, 2.24) is 25.5 Å². The number of carbonyl (C=O) groups excluding carboxylic acids is 1. The molecule has 0 spiro atoms. The number of halogens is 2. The lowest BCUT2D eigenvalue weighted by atomic mass is 10.0. The number of nitrogens with zero attached hydrogens (tertiary/aromatic N) is 4. The number of hydrogen-bond acceptors (Lipinski definition) is 5. The van der Waals surface area contributed by atoms with Crippen LogP contribution in [0, 0.1) is 12.7 Å². The quantitative estimate of drug-likeness (QED) is 0.809. The maximum absolute atomic E-state index is 13.4. The molecule has 0 aliphatic rings. The van der Waals surface area contributed by atoms with Gasteiger partial charge in [0, 0.05) is 18.5 Å². The van der Waals surface area contributed by atoms with Gasteiger partial charge in [-0.1, -0.05) is 12.1 Å². The van der Waals surface area contributed by atoms with E-state index in [0.717, 1.165) is 0 Å². The van der Waals surface area contributed by atoms with E-state index in [4.69, 9.17) is 5.73 Å². The molecule has 132 valence electrons. The number of hydrogen-bond donors (Lipinski definition) is 2. The molecule has 1 unspecified atom stereocenters.